The molecule has 0 fully saturated rings. The first-order valence-corrected chi connectivity index (χ1v) is 7.55. The number of nitriles is 1. The van der Waals surface area contributed by atoms with Crippen molar-refractivity contribution >= 4 is 16.8 Å². The van der Waals surface area contributed by atoms with Crippen LogP contribution in [0, 0.1) is 18.3 Å². The quantitative estimate of drug-likeness (QED) is 0.941. The van der Waals surface area contributed by atoms with Gasteiger partial charge in [-0.15, -0.1) is 0 Å². The summed E-state index contributed by atoms with van der Waals surface area (Å²) in [5.74, 6) is -0.863. The fourth-order valence-electron chi connectivity index (χ4n) is 1.99. The van der Waals surface area contributed by atoms with Gasteiger partial charge in [0.25, 0.3) is 0 Å². The molecule has 2 rings (SSSR count). The molecule has 0 heterocycles. The second-order valence-electron chi connectivity index (χ2n) is 4.54. The molecule has 0 saturated heterocycles. The number of hydrogen-bond acceptors (Lipinski definition) is 3. The third-order valence-electron chi connectivity index (χ3n) is 3.12. The van der Waals surface area contributed by atoms with E-state index in [9.17, 15) is 9.00 Å². The van der Waals surface area contributed by atoms with Crippen LogP contribution in [-0.2, 0) is 16.6 Å². The van der Waals surface area contributed by atoms with Crippen LogP contribution in [0.25, 0.3) is 0 Å². The van der Waals surface area contributed by atoms with E-state index in [-0.39, 0.29) is 11.3 Å². The van der Waals surface area contributed by atoms with Gasteiger partial charge in [0.1, 0.15) is 0 Å². The number of carboxylic acids is 1. The van der Waals surface area contributed by atoms with Gasteiger partial charge >= 0.3 is 5.97 Å². The predicted octanol–water partition coefficient (Wildman–Crippen LogP) is 2.87. The van der Waals surface area contributed by atoms with Crippen LogP contribution in [0.2, 0.25) is 0 Å². The number of carboxylic acid groups (broad SMARTS) is 1. The van der Waals surface area contributed by atoms with Gasteiger partial charge in [-0.25, -0.2) is 4.79 Å². The summed E-state index contributed by atoms with van der Waals surface area (Å²) in [4.78, 5) is 11.5. The molecule has 1 N–H and O–H groups in total. The zero-order chi connectivity index (χ0) is 15.4. The van der Waals surface area contributed by atoms with Crippen molar-refractivity contribution < 1.29 is 14.1 Å². The van der Waals surface area contributed by atoms with Gasteiger partial charge in [-0.05, 0) is 42.3 Å². The molecular weight excluding hydrogens is 286 g/mol. The van der Waals surface area contributed by atoms with Crippen molar-refractivity contribution in [1.29, 1.82) is 5.26 Å². The number of rotatable bonds is 4. The van der Waals surface area contributed by atoms with E-state index in [1.165, 1.54) is 6.07 Å². The van der Waals surface area contributed by atoms with Gasteiger partial charge in [0, 0.05) is 0 Å². The Hall–Kier alpha value is -2.45. The fraction of sp³-hybridized carbons (Fsp3) is 0.125. The van der Waals surface area contributed by atoms with Crippen molar-refractivity contribution in [3.8, 4) is 6.07 Å². The average molecular weight is 299 g/mol. The first kappa shape index (κ1) is 14.9. The molecule has 0 bridgehead atoms. The largest absolute Gasteiger partial charge is 0.478 e. The highest BCUT2D eigenvalue weighted by Gasteiger charge is 2.15. The lowest BCUT2D eigenvalue weighted by atomic mass is 10.1. The van der Waals surface area contributed by atoms with E-state index in [0.29, 0.717) is 10.5 Å². The Bertz CT molecular complexity index is 762. The molecule has 0 amide bonds. The van der Waals surface area contributed by atoms with Gasteiger partial charge < -0.3 is 5.11 Å². The normalized spacial score (nSPS) is 11.6. The molecule has 2 aromatic rings. The number of hydrogen-bond donors (Lipinski definition) is 1. The minimum absolute atomic E-state index is 0.0575. The van der Waals surface area contributed by atoms with Gasteiger partial charge in [0.2, 0.25) is 0 Å². The SMILES string of the molecule is Cc1cc(C#N)ccc1CS(=O)c1ccccc1C(=O)O. The van der Waals surface area contributed by atoms with Gasteiger partial charge in [0.15, 0.2) is 0 Å². The van der Waals surface area contributed by atoms with Crippen molar-refractivity contribution in [1.82, 2.24) is 0 Å². The molecule has 1 unspecified atom stereocenters. The lowest BCUT2D eigenvalue weighted by Gasteiger charge is -2.08. The number of aromatic carboxylic acids is 1. The molecule has 0 aliphatic rings. The minimum Gasteiger partial charge on any atom is -0.478 e. The molecule has 5 heteroatoms. The van der Waals surface area contributed by atoms with Crippen LogP contribution in [0.1, 0.15) is 27.0 Å². The third kappa shape index (κ3) is 3.36. The minimum atomic E-state index is -1.45. The molecule has 0 aromatic heterocycles. The maximum atomic E-state index is 12.4. The second kappa shape index (κ2) is 6.33. The molecule has 0 radical (unpaired) electrons. The van der Waals surface area contributed by atoms with E-state index >= 15 is 0 Å². The molecule has 0 aliphatic carbocycles. The molecule has 2 aromatic carbocycles. The summed E-state index contributed by atoms with van der Waals surface area (Å²) < 4.78 is 12.4. The predicted molar refractivity (Wildman–Crippen MR) is 79.4 cm³/mol. The lowest BCUT2D eigenvalue weighted by Crippen LogP contribution is -2.06. The summed E-state index contributed by atoms with van der Waals surface area (Å²) in [6.07, 6.45) is 0. The van der Waals surface area contributed by atoms with Crippen LogP contribution in [-0.4, -0.2) is 15.3 Å². The standard InChI is InChI=1S/C16H13NO3S/c1-11-8-12(9-17)6-7-13(11)10-21(20)15-5-3-2-4-14(15)16(18)19/h2-8H,10H2,1H3,(H,18,19). The second-order valence-corrected chi connectivity index (χ2v) is 5.96. The van der Waals surface area contributed by atoms with Crippen molar-refractivity contribution in [2.75, 3.05) is 0 Å². The molecule has 1 atom stereocenters. The highest BCUT2D eigenvalue weighted by atomic mass is 32.2. The smallest absolute Gasteiger partial charge is 0.336 e. The van der Waals surface area contributed by atoms with Crippen molar-refractivity contribution in [2.45, 2.75) is 17.6 Å². The summed E-state index contributed by atoms with van der Waals surface area (Å²) in [5, 5.41) is 18.0. The molecule has 0 spiro atoms. The summed E-state index contributed by atoms with van der Waals surface area (Å²) >= 11 is 0. The monoisotopic (exact) mass is 299 g/mol. The van der Waals surface area contributed by atoms with Crippen molar-refractivity contribution in [2.24, 2.45) is 0 Å². The maximum absolute atomic E-state index is 12.4. The number of benzene rings is 2. The number of nitrogens with zero attached hydrogens (tertiary/aromatic N) is 1. The van der Waals surface area contributed by atoms with Gasteiger partial charge in [-0.1, -0.05) is 18.2 Å². The molecular formula is C16H13NO3S. The lowest BCUT2D eigenvalue weighted by molar-refractivity contribution is 0.0693. The van der Waals surface area contributed by atoms with Gasteiger partial charge in [0.05, 0.1) is 38.6 Å². The van der Waals surface area contributed by atoms with Gasteiger partial charge in [-0.2, -0.15) is 5.26 Å². The average Bonchev–Trinajstić information content (AvgIpc) is 2.49. The van der Waals surface area contributed by atoms with E-state index in [1.807, 2.05) is 6.92 Å². The Balaban J connectivity index is 2.31. The van der Waals surface area contributed by atoms with E-state index in [2.05, 4.69) is 6.07 Å². The molecule has 21 heavy (non-hydrogen) atoms. The number of carbonyl (C=O) groups is 1. The molecule has 106 valence electrons. The summed E-state index contributed by atoms with van der Waals surface area (Å²) in [7, 11) is -1.45. The molecule has 4 nitrogen and oxygen atoms in total. The Morgan fingerprint density at radius 3 is 2.62 bits per heavy atom. The Morgan fingerprint density at radius 1 is 1.29 bits per heavy atom. The molecule has 0 saturated carbocycles. The summed E-state index contributed by atoms with van der Waals surface area (Å²) in [5.41, 5.74) is 2.32. The maximum Gasteiger partial charge on any atom is 0.336 e. The fourth-order valence-corrected chi connectivity index (χ4v) is 3.38. The van der Waals surface area contributed by atoms with Crippen LogP contribution in [0.5, 0.6) is 0 Å². The van der Waals surface area contributed by atoms with Gasteiger partial charge in [-0.3, -0.25) is 4.21 Å². The number of aryl methyl sites for hydroxylation is 1. The highest BCUT2D eigenvalue weighted by Crippen LogP contribution is 2.19. The van der Waals surface area contributed by atoms with Crippen LogP contribution in [0.3, 0.4) is 0 Å². The summed E-state index contributed by atoms with van der Waals surface area (Å²) in [6, 6.07) is 13.5. The molecule has 0 aliphatic heterocycles. The summed E-state index contributed by atoms with van der Waals surface area (Å²) in [6.45, 7) is 1.84. The van der Waals surface area contributed by atoms with E-state index in [4.69, 9.17) is 10.4 Å². The van der Waals surface area contributed by atoms with Crippen LogP contribution in [0.15, 0.2) is 47.4 Å². The topological polar surface area (TPSA) is 78.2 Å². The first-order chi connectivity index (χ1) is 10.0. The van der Waals surface area contributed by atoms with E-state index < -0.39 is 16.8 Å². The Kier molecular flexibility index (Phi) is 4.51. The van der Waals surface area contributed by atoms with Crippen LogP contribution < -0.4 is 0 Å². The van der Waals surface area contributed by atoms with Crippen molar-refractivity contribution in [3.05, 3.63) is 64.7 Å². The van der Waals surface area contributed by atoms with E-state index in [0.717, 1.165) is 11.1 Å². The first-order valence-electron chi connectivity index (χ1n) is 6.23. The zero-order valence-electron chi connectivity index (χ0n) is 11.4. The Labute approximate surface area is 125 Å². The van der Waals surface area contributed by atoms with Crippen molar-refractivity contribution in [3.63, 3.8) is 0 Å². The van der Waals surface area contributed by atoms with Crippen LogP contribution in [0.4, 0.5) is 0 Å². The highest BCUT2D eigenvalue weighted by molar-refractivity contribution is 7.84. The third-order valence-corrected chi connectivity index (χ3v) is 4.54. The Morgan fingerprint density at radius 2 is 2.00 bits per heavy atom. The van der Waals surface area contributed by atoms with E-state index in [1.54, 1.807) is 36.4 Å². The van der Waals surface area contributed by atoms with Crippen LogP contribution >= 0.6 is 0 Å². The zero-order valence-corrected chi connectivity index (χ0v) is 12.2.